The number of carbonyl (C=O) groups excluding carboxylic acids is 1. The highest BCUT2D eigenvalue weighted by Gasteiger charge is 2.39. The Morgan fingerprint density at radius 1 is 1.17 bits per heavy atom. The Bertz CT molecular complexity index is 1560. The Balaban J connectivity index is 1.48. The van der Waals surface area contributed by atoms with Gasteiger partial charge in [-0.15, -0.1) is 0 Å². The Labute approximate surface area is 242 Å². The lowest BCUT2D eigenvalue weighted by molar-refractivity contribution is -0.143. The summed E-state index contributed by atoms with van der Waals surface area (Å²) in [5, 5.41) is 14.1. The van der Waals surface area contributed by atoms with E-state index in [4.69, 9.17) is 4.74 Å². The van der Waals surface area contributed by atoms with Gasteiger partial charge in [-0.25, -0.2) is 14.5 Å². The number of pyridine rings is 1. The zero-order valence-corrected chi connectivity index (χ0v) is 24.1. The van der Waals surface area contributed by atoms with Gasteiger partial charge in [0.05, 0.1) is 31.6 Å². The molecule has 2 atom stereocenters. The molecule has 1 fully saturated rings. The third-order valence-electron chi connectivity index (χ3n) is 7.41. The maximum atomic E-state index is 14.3. The molecule has 9 nitrogen and oxygen atoms in total. The number of aromatic nitrogens is 4. The van der Waals surface area contributed by atoms with E-state index in [0.29, 0.717) is 40.1 Å². The van der Waals surface area contributed by atoms with Crippen molar-refractivity contribution in [2.45, 2.75) is 32.1 Å². The first-order chi connectivity index (χ1) is 19.5. The van der Waals surface area contributed by atoms with Crippen LogP contribution in [0.15, 0.2) is 53.4 Å². The summed E-state index contributed by atoms with van der Waals surface area (Å²) in [5.41, 5.74) is 0.138. The predicted molar refractivity (Wildman–Crippen MR) is 149 cm³/mol. The second-order valence-electron chi connectivity index (χ2n) is 9.91. The lowest BCUT2D eigenvalue weighted by Crippen LogP contribution is -2.55. The molecule has 216 valence electrons. The molecule has 3 aromatic heterocycles. The average molecular weight is 633 g/mol. The Hall–Kier alpha value is -3.55. The number of hydrogen-bond acceptors (Lipinski definition) is 7. The summed E-state index contributed by atoms with van der Waals surface area (Å²) in [5.74, 6) is 0.0971. The first-order valence-corrected chi connectivity index (χ1v) is 13.7. The van der Waals surface area contributed by atoms with Crippen molar-refractivity contribution in [3.63, 3.8) is 0 Å². The molecule has 0 bridgehead atoms. The quantitative estimate of drug-likeness (QED) is 0.306. The molecule has 1 aliphatic heterocycles. The summed E-state index contributed by atoms with van der Waals surface area (Å²) in [7, 11) is 1.50. The minimum Gasteiger partial charge on any atom is -0.497 e. The monoisotopic (exact) mass is 632 g/mol. The van der Waals surface area contributed by atoms with Crippen LogP contribution in [0.4, 0.5) is 13.2 Å². The number of nitrogens with zero attached hydrogens (tertiary/aromatic N) is 6. The fourth-order valence-corrected chi connectivity index (χ4v) is 5.56. The molecule has 0 unspecified atom stereocenters. The predicted octanol–water partition coefficient (Wildman–Crippen LogP) is 4.77. The van der Waals surface area contributed by atoms with Gasteiger partial charge in [-0.2, -0.15) is 18.3 Å². The van der Waals surface area contributed by atoms with Crippen LogP contribution in [0.5, 0.6) is 5.75 Å². The van der Waals surface area contributed by atoms with Crippen LogP contribution in [0.3, 0.4) is 0 Å². The van der Waals surface area contributed by atoms with Gasteiger partial charge in [-0.1, -0.05) is 6.07 Å². The SMILES string of the molecule is COc1ccc(-c2nc3c(C(=O)N4CCN([C@@H](CO)c5ccc(Br)nc5)C[C@H]4C)cnn3c(C(F)(F)F)c2C)cc1. The number of fused-ring (bicyclic) bond motifs is 1. The Morgan fingerprint density at radius 3 is 2.49 bits per heavy atom. The molecule has 1 saturated heterocycles. The van der Waals surface area contributed by atoms with Gasteiger partial charge in [0.15, 0.2) is 11.3 Å². The van der Waals surface area contributed by atoms with Crippen LogP contribution in [-0.4, -0.2) is 79.8 Å². The molecular formula is C28H28BrF3N6O3. The number of alkyl halides is 3. The van der Waals surface area contributed by atoms with Gasteiger partial charge >= 0.3 is 6.18 Å². The van der Waals surface area contributed by atoms with Gasteiger partial charge in [0.1, 0.15) is 15.9 Å². The van der Waals surface area contributed by atoms with Gasteiger partial charge in [0.25, 0.3) is 5.91 Å². The average Bonchev–Trinajstić information content (AvgIpc) is 3.36. The van der Waals surface area contributed by atoms with Crippen molar-refractivity contribution in [1.82, 2.24) is 29.4 Å². The largest absolute Gasteiger partial charge is 0.497 e. The van der Waals surface area contributed by atoms with Gasteiger partial charge < -0.3 is 14.7 Å². The molecule has 1 aromatic carbocycles. The fraction of sp³-hybridized carbons (Fsp3) is 0.357. The second-order valence-corrected chi connectivity index (χ2v) is 10.7. The van der Waals surface area contributed by atoms with E-state index in [1.54, 1.807) is 41.4 Å². The third-order valence-corrected chi connectivity index (χ3v) is 7.88. The van der Waals surface area contributed by atoms with Crippen LogP contribution in [0.25, 0.3) is 16.9 Å². The number of amides is 1. The van der Waals surface area contributed by atoms with Gasteiger partial charge in [-0.3, -0.25) is 9.69 Å². The van der Waals surface area contributed by atoms with Crippen molar-refractivity contribution in [2.75, 3.05) is 33.4 Å². The molecule has 0 spiro atoms. The van der Waals surface area contributed by atoms with Crippen molar-refractivity contribution in [2.24, 2.45) is 0 Å². The highest BCUT2D eigenvalue weighted by atomic mass is 79.9. The number of piperazine rings is 1. The number of halogens is 4. The number of rotatable bonds is 6. The highest BCUT2D eigenvalue weighted by Crippen LogP contribution is 2.37. The summed E-state index contributed by atoms with van der Waals surface area (Å²) in [4.78, 5) is 26.2. The minimum absolute atomic E-state index is 0.0126. The minimum atomic E-state index is -4.74. The van der Waals surface area contributed by atoms with E-state index in [-0.39, 0.29) is 41.2 Å². The second kappa shape index (κ2) is 11.4. The van der Waals surface area contributed by atoms with Crippen molar-refractivity contribution in [3.8, 4) is 17.0 Å². The van der Waals surface area contributed by atoms with Crippen LogP contribution < -0.4 is 4.74 Å². The van der Waals surface area contributed by atoms with Crippen LogP contribution in [0.2, 0.25) is 0 Å². The number of methoxy groups -OCH3 is 1. The summed E-state index contributed by atoms with van der Waals surface area (Å²) >= 11 is 3.31. The molecule has 4 heterocycles. The zero-order valence-electron chi connectivity index (χ0n) is 22.6. The molecular weight excluding hydrogens is 605 g/mol. The lowest BCUT2D eigenvalue weighted by atomic mass is 10.0. The first kappa shape index (κ1) is 29.0. The highest BCUT2D eigenvalue weighted by molar-refractivity contribution is 9.10. The van der Waals surface area contributed by atoms with E-state index >= 15 is 0 Å². The summed E-state index contributed by atoms with van der Waals surface area (Å²) in [6.07, 6.45) is -1.89. The molecule has 0 radical (unpaired) electrons. The van der Waals surface area contributed by atoms with Crippen LogP contribution in [0, 0.1) is 6.92 Å². The van der Waals surface area contributed by atoms with Gasteiger partial charge in [0, 0.05) is 43.0 Å². The maximum absolute atomic E-state index is 14.3. The first-order valence-electron chi connectivity index (χ1n) is 12.9. The van der Waals surface area contributed by atoms with Crippen molar-refractivity contribution < 1.29 is 27.8 Å². The lowest BCUT2D eigenvalue weighted by Gasteiger charge is -2.42. The number of hydrogen-bond donors (Lipinski definition) is 1. The summed E-state index contributed by atoms with van der Waals surface area (Å²) in [6.45, 7) is 4.29. The van der Waals surface area contributed by atoms with Crippen LogP contribution in [0.1, 0.15) is 40.1 Å². The number of benzene rings is 1. The van der Waals surface area contributed by atoms with E-state index in [2.05, 4.69) is 35.9 Å². The van der Waals surface area contributed by atoms with Crippen LogP contribution in [-0.2, 0) is 6.18 Å². The van der Waals surface area contributed by atoms with E-state index in [1.807, 2.05) is 13.0 Å². The molecule has 5 rings (SSSR count). The van der Waals surface area contributed by atoms with E-state index in [0.717, 1.165) is 11.8 Å². The topological polar surface area (TPSA) is 96.1 Å². The standard InChI is InChI=1S/C28H28BrF3N6O3/c1-16-14-36(22(15-39)19-6-9-23(29)33-12-19)10-11-37(16)27(40)21-13-34-38-25(28(30,31)32)17(2)24(35-26(21)38)18-4-7-20(41-3)8-5-18/h4-9,12-13,16,22,39H,10-11,14-15H2,1-3H3/t16-,22+/m1/s1. The van der Waals surface area contributed by atoms with Gasteiger partial charge in [0.2, 0.25) is 0 Å². The molecule has 0 saturated carbocycles. The number of ether oxygens (including phenoxy) is 1. The molecule has 13 heteroatoms. The van der Waals surface area contributed by atoms with Crippen molar-refractivity contribution in [3.05, 3.63) is 75.8 Å². The molecule has 0 aliphatic carbocycles. The zero-order chi connectivity index (χ0) is 29.5. The fourth-order valence-electron chi connectivity index (χ4n) is 5.33. The Morgan fingerprint density at radius 2 is 1.90 bits per heavy atom. The normalized spacial score (nSPS) is 17.2. The maximum Gasteiger partial charge on any atom is 0.433 e. The van der Waals surface area contributed by atoms with Crippen LogP contribution >= 0.6 is 15.9 Å². The summed E-state index contributed by atoms with van der Waals surface area (Å²) < 4.78 is 49.5. The van der Waals surface area contributed by atoms with Crippen molar-refractivity contribution in [1.29, 1.82) is 0 Å². The third kappa shape index (κ3) is 5.53. The molecule has 41 heavy (non-hydrogen) atoms. The molecule has 1 aliphatic rings. The van der Waals surface area contributed by atoms with E-state index in [9.17, 15) is 23.1 Å². The van der Waals surface area contributed by atoms with E-state index < -0.39 is 17.8 Å². The number of carbonyl (C=O) groups is 1. The number of aliphatic hydroxyl groups is 1. The van der Waals surface area contributed by atoms with Crippen molar-refractivity contribution >= 4 is 27.5 Å². The Kier molecular flexibility index (Phi) is 8.04. The van der Waals surface area contributed by atoms with E-state index in [1.165, 1.54) is 14.0 Å². The molecule has 1 N–H and O–H groups in total. The molecule has 4 aromatic rings. The summed E-state index contributed by atoms with van der Waals surface area (Å²) in [6, 6.07) is 9.62. The smallest absolute Gasteiger partial charge is 0.433 e. The van der Waals surface area contributed by atoms with Gasteiger partial charge in [-0.05, 0) is 65.7 Å². The number of aliphatic hydroxyl groups excluding tert-OH is 1. The molecule has 1 amide bonds.